The lowest BCUT2D eigenvalue weighted by molar-refractivity contribution is 0.174. The molecule has 0 aliphatic heterocycles. The number of hydrogen-bond acceptors (Lipinski definition) is 3. The minimum absolute atomic E-state index is 0.151. The molecule has 1 aromatic heterocycles. The summed E-state index contributed by atoms with van der Waals surface area (Å²) in [7, 11) is 0. The van der Waals surface area contributed by atoms with Gasteiger partial charge in [-0.15, -0.1) is 0 Å². The first kappa shape index (κ1) is 11.0. The van der Waals surface area contributed by atoms with Crippen LogP contribution in [0.2, 0.25) is 0 Å². The number of rotatable bonds is 5. The van der Waals surface area contributed by atoms with Crippen molar-refractivity contribution in [3.63, 3.8) is 0 Å². The number of nitrogens with zero attached hydrogens (tertiary/aromatic N) is 2. The van der Waals surface area contributed by atoms with Crippen LogP contribution in [0.3, 0.4) is 0 Å². The minimum Gasteiger partial charge on any atom is -0.490 e. The van der Waals surface area contributed by atoms with Crippen LogP contribution < -0.4 is 4.74 Å². The Bertz CT molecular complexity index is 271. The van der Waals surface area contributed by atoms with Gasteiger partial charge in [0.25, 0.3) is 0 Å². The van der Waals surface area contributed by atoms with Crippen LogP contribution in [-0.4, -0.2) is 28.1 Å². The molecule has 1 N–H and O–H groups in total. The van der Waals surface area contributed by atoms with Crippen LogP contribution in [-0.2, 0) is 0 Å². The summed E-state index contributed by atoms with van der Waals surface area (Å²) < 4.78 is 7.29. The van der Waals surface area contributed by atoms with Crippen molar-refractivity contribution in [2.24, 2.45) is 5.92 Å². The molecule has 0 bridgehead atoms. The van der Waals surface area contributed by atoms with Gasteiger partial charge >= 0.3 is 0 Å². The molecule has 4 nitrogen and oxygen atoms in total. The third kappa shape index (κ3) is 3.03. The fourth-order valence-corrected chi connectivity index (χ4v) is 0.969. The maximum absolute atomic E-state index is 8.81. The highest BCUT2D eigenvalue weighted by atomic mass is 16.5. The molecule has 1 atom stereocenters. The Kier molecular flexibility index (Phi) is 3.95. The quantitative estimate of drug-likeness (QED) is 0.779. The van der Waals surface area contributed by atoms with Crippen molar-refractivity contribution in [2.75, 3.05) is 13.2 Å². The van der Waals surface area contributed by atoms with Crippen molar-refractivity contribution in [1.29, 1.82) is 0 Å². The molecule has 1 heterocycles. The molecule has 0 aliphatic rings. The molecule has 0 fully saturated rings. The highest BCUT2D eigenvalue weighted by molar-refractivity contribution is 5.11. The molecule has 0 spiro atoms. The van der Waals surface area contributed by atoms with Gasteiger partial charge in [0.2, 0.25) is 0 Å². The first-order chi connectivity index (χ1) is 6.63. The normalized spacial score (nSPS) is 13.2. The maximum atomic E-state index is 8.81. The number of aromatic nitrogens is 2. The Morgan fingerprint density at radius 3 is 2.71 bits per heavy atom. The second-order valence-electron chi connectivity index (χ2n) is 3.85. The number of aliphatic hydroxyl groups is 1. The highest BCUT2D eigenvalue weighted by Gasteiger charge is 2.04. The summed E-state index contributed by atoms with van der Waals surface area (Å²) in [5.74, 6) is 0.927. The van der Waals surface area contributed by atoms with Gasteiger partial charge in [0.05, 0.1) is 19.0 Å². The number of hydrogen-bond donors (Lipinski definition) is 1. The summed E-state index contributed by atoms with van der Waals surface area (Å²) in [4.78, 5) is 0. The zero-order valence-corrected chi connectivity index (χ0v) is 8.97. The summed E-state index contributed by atoms with van der Waals surface area (Å²) in [5.41, 5.74) is 0. The van der Waals surface area contributed by atoms with E-state index < -0.39 is 0 Å². The smallest absolute Gasteiger partial charge is 0.157 e. The molecule has 14 heavy (non-hydrogen) atoms. The zero-order chi connectivity index (χ0) is 10.6. The number of aliphatic hydroxyl groups excluding tert-OH is 1. The van der Waals surface area contributed by atoms with E-state index in [1.807, 2.05) is 17.8 Å². The van der Waals surface area contributed by atoms with Crippen LogP contribution in [0.4, 0.5) is 0 Å². The van der Waals surface area contributed by atoms with E-state index in [9.17, 15) is 0 Å². The lowest BCUT2D eigenvalue weighted by Crippen LogP contribution is -2.11. The minimum atomic E-state index is 0.151. The van der Waals surface area contributed by atoms with Crippen molar-refractivity contribution in [2.45, 2.75) is 26.8 Å². The monoisotopic (exact) mass is 198 g/mol. The second kappa shape index (κ2) is 5.00. The van der Waals surface area contributed by atoms with Gasteiger partial charge in [0.15, 0.2) is 5.75 Å². The van der Waals surface area contributed by atoms with Gasteiger partial charge in [-0.05, 0) is 13.8 Å². The maximum Gasteiger partial charge on any atom is 0.157 e. The lowest BCUT2D eigenvalue weighted by Gasteiger charge is -2.08. The molecule has 1 unspecified atom stereocenters. The molecule has 0 saturated heterocycles. The summed E-state index contributed by atoms with van der Waals surface area (Å²) in [6, 6.07) is 0.350. The molecular weight excluding hydrogens is 180 g/mol. The Labute approximate surface area is 84.5 Å². The molecule has 0 saturated carbocycles. The van der Waals surface area contributed by atoms with Crippen LogP contribution >= 0.6 is 0 Å². The van der Waals surface area contributed by atoms with E-state index >= 15 is 0 Å². The average molecular weight is 198 g/mol. The first-order valence-electron chi connectivity index (χ1n) is 4.91. The van der Waals surface area contributed by atoms with E-state index in [4.69, 9.17) is 9.84 Å². The molecule has 1 rings (SSSR count). The van der Waals surface area contributed by atoms with Gasteiger partial charge in [-0.2, -0.15) is 5.10 Å². The van der Waals surface area contributed by atoms with E-state index in [2.05, 4.69) is 18.9 Å². The molecule has 0 radical (unpaired) electrons. The molecule has 0 aromatic carbocycles. The fourth-order valence-electron chi connectivity index (χ4n) is 0.969. The number of ether oxygens (including phenoxy) is 1. The molecule has 0 amide bonds. The Morgan fingerprint density at radius 1 is 1.50 bits per heavy atom. The van der Waals surface area contributed by atoms with Crippen molar-refractivity contribution in [3.05, 3.63) is 12.4 Å². The Balaban J connectivity index is 2.44. The van der Waals surface area contributed by atoms with Gasteiger partial charge in [-0.25, -0.2) is 0 Å². The van der Waals surface area contributed by atoms with Gasteiger partial charge in [0.1, 0.15) is 0 Å². The van der Waals surface area contributed by atoms with E-state index in [0.29, 0.717) is 12.6 Å². The van der Waals surface area contributed by atoms with Gasteiger partial charge in [-0.1, -0.05) is 6.92 Å². The van der Waals surface area contributed by atoms with Gasteiger partial charge in [-0.3, -0.25) is 4.68 Å². The lowest BCUT2D eigenvalue weighted by atomic mass is 10.2. The fraction of sp³-hybridized carbons (Fsp3) is 0.700. The van der Waals surface area contributed by atoms with Crippen LogP contribution in [0.1, 0.15) is 26.8 Å². The van der Waals surface area contributed by atoms with Crippen LogP contribution in [0.15, 0.2) is 12.4 Å². The predicted octanol–water partition coefficient (Wildman–Crippen LogP) is 1.47. The summed E-state index contributed by atoms with van der Waals surface area (Å²) in [6.07, 6.45) is 3.57. The van der Waals surface area contributed by atoms with Crippen molar-refractivity contribution >= 4 is 0 Å². The first-order valence-corrected chi connectivity index (χ1v) is 4.91. The second-order valence-corrected chi connectivity index (χ2v) is 3.85. The largest absolute Gasteiger partial charge is 0.490 e. The molecule has 4 heteroatoms. The van der Waals surface area contributed by atoms with E-state index in [1.165, 1.54) is 0 Å². The van der Waals surface area contributed by atoms with Crippen molar-refractivity contribution in [1.82, 2.24) is 9.78 Å². The van der Waals surface area contributed by atoms with Crippen LogP contribution in [0.25, 0.3) is 0 Å². The van der Waals surface area contributed by atoms with Crippen molar-refractivity contribution < 1.29 is 9.84 Å². The average Bonchev–Trinajstić information content (AvgIpc) is 2.62. The molecule has 0 aliphatic carbocycles. The third-order valence-corrected chi connectivity index (χ3v) is 1.95. The van der Waals surface area contributed by atoms with Crippen LogP contribution in [0.5, 0.6) is 5.75 Å². The SMILES string of the molecule is CC(CO)COc1cnn(C(C)C)c1. The third-order valence-electron chi connectivity index (χ3n) is 1.95. The van der Waals surface area contributed by atoms with Crippen LogP contribution in [0, 0.1) is 5.92 Å². The summed E-state index contributed by atoms with van der Waals surface area (Å²) >= 11 is 0. The standard InChI is InChI=1S/C10H18N2O2/c1-8(2)12-5-10(4-11-12)14-7-9(3)6-13/h4-5,8-9,13H,6-7H2,1-3H3. The van der Waals surface area contributed by atoms with Gasteiger partial charge < -0.3 is 9.84 Å². The molecule has 1 aromatic rings. The topological polar surface area (TPSA) is 47.3 Å². The summed E-state index contributed by atoms with van der Waals surface area (Å²) in [6.45, 7) is 6.74. The highest BCUT2D eigenvalue weighted by Crippen LogP contribution is 2.13. The Morgan fingerprint density at radius 2 is 2.21 bits per heavy atom. The zero-order valence-electron chi connectivity index (χ0n) is 8.97. The van der Waals surface area contributed by atoms with E-state index in [1.54, 1.807) is 6.20 Å². The van der Waals surface area contributed by atoms with E-state index in [-0.39, 0.29) is 12.5 Å². The van der Waals surface area contributed by atoms with Gasteiger partial charge in [0, 0.05) is 18.6 Å². The van der Waals surface area contributed by atoms with Crippen molar-refractivity contribution in [3.8, 4) is 5.75 Å². The molecule has 80 valence electrons. The molecular formula is C10H18N2O2. The van der Waals surface area contributed by atoms with E-state index in [0.717, 1.165) is 5.75 Å². The predicted molar refractivity (Wildman–Crippen MR) is 54.4 cm³/mol. The summed E-state index contributed by atoms with van der Waals surface area (Å²) in [5, 5.41) is 13.0. The Hall–Kier alpha value is -1.03.